The van der Waals surface area contributed by atoms with Crippen LogP contribution in [-0.2, 0) is 20.7 Å². The first-order valence-electron chi connectivity index (χ1n) is 7.55. The third kappa shape index (κ3) is 3.59. The van der Waals surface area contributed by atoms with Crippen LogP contribution in [0.15, 0.2) is 51.6 Å². The number of hydrogen-bond acceptors (Lipinski definition) is 4. The molecule has 124 valence electrons. The van der Waals surface area contributed by atoms with Crippen LogP contribution in [0.1, 0.15) is 18.2 Å². The first-order valence-corrected chi connectivity index (χ1v) is 8.34. The molecule has 24 heavy (non-hydrogen) atoms. The summed E-state index contributed by atoms with van der Waals surface area (Å²) in [7, 11) is 0. The number of benzene rings is 1. The average Bonchev–Trinajstić information content (AvgIpc) is 3.12. The van der Waals surface area contributed by atoms with E-state index in [9.17, 15) is 9.59 Å². The Labute approximate surface area is 148 Å². The second-order valence-electron chi connectivity index (χ2n) is 5.53. The number of halogens is 1. The van der Waals surface area contributed by atoms with Crippen LogP contribution in [0.5, 0.6) is 0 Å². The summed E-state index contributed by atoms with van der Waals surface area (Å²) in [6, 6.07) is 11.3. The molecule has 2 heterocycles. The van der Waals surface area contributed by atoms with E-state index >= 15 is 0 Å². The van der Waals surface area contributed by atoms with E-state index in [1.54, 1.807) is 17.0 Å². The highest BCUT2D eigenvalue weighted by atomic mass is 79.9. The Morgan fingerprint density at radius 3 is 2.88 bits per heavy atom. The largest absolute Gasteiger partial charge is 0.452 e. The van der Waals surface area contributed by atoms with Crippen LogP contribution in [0.25, 0.3) is 6.08 Å². The van der Waals surface area contributed by atoms with Gasteiger partial charge in [0, 0.05) is 17.8 Å². The fraction of sp³-hybridized carbons (Fsp3) is 0.222. The van der Waals surface area contributed by atoms with Crippen LogP contribution in [0, 0.1) is 0 Å². The molecular weight excluding hydrogens is 374 g/mol. The summed E-state index contributed by atoms with van der Waals surface area (Å²) >= 11 is 3.18. The zero-order valence-corrected chi connectivity index (χ0v) is 14.7. The van der Waals surface area contributed by atoms with Crippen LogP contribution in [0.3, 0.4) is 0 Å². The monoisotopic (exact) mass is 389 g/mol. The fourth-order valence-corrected chi connectivity index (χ4v) is 3.08. The number of anilines is 1. The standard InChI is InChI=1S/C18H16BrNO4/c1-12-10-13-4-2-3-5-15(13)20(12)17(21)11-23-18(22)9-7-14-6-8-16(19)24-14/h2-9,12H,10-11H2,1H3. The summed E-state index contributed by atoms with van der Waals surface area (Å²) in [4.78, 5) is 25.8. The number of esters is 1. The summed E-state index contributed by atoms with van der Waals surface area (Å²) in [5.74, 6) is -0.293. The molecule has 1 atom stereocenters. The van der Waals surface area contributed by atoms with Crippen LogP contribution in [0.4, 0.5) is 5.69 Å². The molecule has 5 nitrogen and oxygen atoms in total. The zero-order valence-electron chi connectivity index (χ0n) is 13.1. The van der Waals surface area contributed by atoms with Gasteiger partial charge in [-0.05, 0) is 59.1 Å². The van der Waals surface area contributed by atoms with Gasteiger partial charge < -0.3 is 14.1 Å². The van der Waals surface area contributed by atoms with Crippen LogP contribution in [0.2, 0.25) is 0 Å². The summed E-state index contributed by atoms with van der Waals surface area (Å²) < 4.78 is 10.9. The number of furan rings is 1. The first-order chi connectivity index (χ1) is 11.5. The smallest absolute Gasteiger partial charge is 0.331 e. The Bertz CT molecular complexity index is 796. The number of fused-ring (bicyclic) bond motifs is 1. The molecule has 6 heteroatoms. The third-order valence-electron chi connectivity index (χ3n) is 3.79. The maximum atomic E-state index is 12.4. The molecule has 1 aliphatic heterocycles. The highest BCUT2D eigenvalue weighted by molar-refractivity contribution is 9.10. The molecular formula is C18H16BrNO4. The van der Waals surface area contributed by atoms with Crippen molar-refractivity contribution in [1.29, 1.82) is 0 Å². The van der Waals surface area contributed by atoms with Gasteiger partial charge in [0.15, 0.2) is 11.3 Å². The number of para-hydroxylation sites is 1. The van der Waals surface area contributed by atoms with E-state index in [1.165, 1.54) is 12.2 Å². The Morgan fingerprint density at radius 1 is 1.33 bits per heavy atom. The quantitative estimate of drug-likeness (QED) is 0.592. The molecule has 0 bridgehead atoms. The van der Waals surface area contributed by atoms with Gasteiger partial charge in [-0.3, -0.25) is 4.79 Å². The number of nitrogens with zero attached hydrogens (tertiary/aromatic N) is 1. The molecule has 0 spiro atoms. The van der Waals surface area contributed by atoms with Crippen molar-refractivity contribution < 1.29 is 18.7 Å². The van der Waals surface area contributed by atoms with Crippen molar-refractivity contribution in [2.75, 3.05) is 11.5 Å². The number of rotatable bonds is 4. The Morgan fingerprint density at radius 2 is 2.12 bits per heavy atom. The second kappa shape index (κ2) is 7.05. The normalized spacial score (nSPS) is 16.4. The number of hydrogen-bond donors (Lipinski definition) is 0. The molecule has 1 aromatic heterocycles. The lowest BCUT2D eigenvalue weighted by molar-refractivity contribution is -0.143. The van der Waals surface area contributed by atoms with Crippen LogP contribution >= 0.6 is 15.9 Å². The Kier molecular flexibility index (Phi) is 4.85. The number of amides is 1. The van der Waals surface area contributed by atoms with E-state index in [0.717, 1.165) is 17.7 Å². The molecule has 0 saturated carbocycles. The molecule has 1 aliphatic rings. The Hall–Kier alpha value is -2.34. The number of carbonyl (C=O) groups excluding carboxylic acids is 2. The minimum absolute atomic E-state index is 0.0598. The van der Waals surface area contributed by atoms with Crippen molar-refractivity contribution in [2.45, 2.75) is 19.4 Å². The highest BCUT2D eigenvalue weighted by Gasteiger charge is 2.30. The van der Waals surface area contributed by atoms with Crippen molar-refractivity contribution in [3.63, 3.8) is 0 Å². The molecule has 0 saturated heterocycles. The van der Waals surface area contributed by atoms with Crippen molar-refractivity contribution in [2.24, 2.45) is 0 Å². The molecule has 3 rings (SSSR count). The van der Waals surface area contributed by atoms with Crippen LogP contribution in [-0.4, -0.2) is 24.5 Å². The molecule has 1 amide bonds. The molecule has 1 unspecified atom stereocenters. The van der Waals surface area contributed by atoms with Gasteiger partial charge in [-0.15, -0.1) is 0 Å². The molecule has 0 radical (unpaired) electrons. The summed E-state index contributed by atoms with van der Waals surface area (Å²) in [5, 5.41) is 0. The number of carbonyl (C=O) groups is 2. The van der Waals surface area contributed by atoms with E-state index in [4.69, 9.17) is 9.15 Å². The molecule has 0 N–H and O–H groups in total. The zero-order chi connectivity index (χ0) is 17.1. The minimum Gasteiger partial charge on any atom is -0.452 e. The third-order valence-corrected chi connectivity index (χ3v) is 4.22. The van der Waals surface area contributed by atoms with Gasteiger partial charge in [0.05, 0.1) is 0 Å². The van der Waals surface area contributed by atoms with Crippen molar-refractivity contribution in [3.05, 3.63) is 58.5 Å². The lowest BCUT2D eigenvalue weighted by Gasteiger charge is -2.22. The van der Waals surface area contributed by atoms with Gasteiger partial charge in [-0.25, -0.2) is 4.79 Å². The van der Waals surface area contributed by atoms with Crippen molar-refractivity contribution in [3.8, 4) is 0 Å². The topological polar surface area (TPSA) is 59.8 Å². The lowest BCUT2D eigenvalue weighted by Crippen LogP contribution is -2.38. The molecule has 0 aliphatic carbocycles. The Balaban J connectivity index is 1.57. The SMILES string of the molecule is CC1Cc2ccccc2N1C(=O)COC(=O)C=Cc1ccc(Br)o1. The van der Waals surface area contributed by atoms with Gasteiger partial charge in [0.25, 0.3) is 5.91 Å². The predicted molar refractivity (Wildman–Crippen MR) is 93.5 cm³/mol. The summed E-state index contributed by atoms with van der Waals surface area (Å²) in [6.45, 7) is 1.69. The molecule has 2 aromatic rings. The second-order valence-corrected chi connectivity index (χ2v) is 6.31. The lowest BCUT2D eigenvalue weighted by atomic mass is 10.1. The fourth-order valence-electron chi connectivity index (χ4n) is 2.76. The van der Waals surface area contributed by atoms with E-state index in [-0.39, 0.29) is 18.6 Å². The van der Waals surface area contributed by atoms with Gasteiger partial charge in [-0.2, -0.15) is 0 Å². The van der Waals surface area contributed by atoms with E-state index in [2.05, 4.69) is 15.9 Å². The van der Waals surface area contributed by atoms with Crippen molar-refractivity contribution >= 4 is 39.6 Å². The summed E-state index contributed by atoms with van der Waals surface area (Å²) in [5.41, 5.74) is 2.02. The maximum Gasteiger partial charge on any atom is 0.331 e. The molecule has 0 fully saturated rings. The average molecular weight is 390 g/mol. The summed E-state index contributed by atoms with van der Waals surface area (Å²) in [6.07, 6.45) is 3.54. The predicted octanol–water partition coefficient (Wildman–Crippen LogP) is 3.58. The van der Waals surface area contributed by atoms with Gasteiger partial charge in [-0.1, -0.05) is 18.2 Å². The first kappa shape index (κ1) is 16.5. The van der Waals surface area contributed by atoms with E-state index in [0.29, 0.717) is 10.4 Å². The van der Waals surface area contributed by atoms with Gasteiger partial charge in [0.2, 0.25) is 0 Å². The van der Waals surface area contributed by atoms with Crippen molar-refractivity contribution in [1.82, 2.24) is 0 Å². The van der Waals surface area contributed by atoms with Gasteiger partial charge >= 0.3 is 5.97 Å². The maximum absolute atomic E-state index is 12.4. The van der Waals surface area contributed by atoms with E-state index in [1.807, 2.05) is 31.2 Å². The highest BCUT2D eigenvalue weighted by Crippen LogP contribution is 2.31. The van der Waals surface area contributed by atoms with Crippen LogP contribution < -0.4 is 4.90 Å². The molecule has 1 aromatic carbocycles. The number of ether oxygens (including phenoxy) is 1. The minimum atomic E-state index is -0.587. The van der Waals surface area contributed by atoms with Gasteiger partial charge in [0.1, 0.15) is 5.76 Å². The van der Waals surface area contributed by atoms with E-state index < -0.39 is 5.97 Å².